The van der Waals surface area contributed by atoms with Gasteiger partial charge in [0.15, 0.2) is 0 Å². The van der Waals surface area contributed by atoms with Crippen LogP contribution in [0, 0.1) is 0 Å². The zero-order valence-electron chi connectivity index (χ0n) is 15.4. The molecule has 4 rings (SSSR count). The van der Waals surface area contributed by atoms with Gasteiger partial charge in [-0.25, -0.2) is 0 Å². The molecule has 0 fully saturated rings. The van der Waals surface area contributed by atoms with Crippen molar-refractivity contribution in [1.29, 1.82) is 0 Å². The zero-order chi connectivity index (χ0) is 19.3. The van der Waals surface area contributed by atoms with Gasteiger partial charge in [-0.3, -0.25) is 0 Å². The van der Waals surface area contributed by atoms with Crippen molar-refractivity contribution in [3.63, 3.8) is 0 Å². The average Bonchev–Trinajstić information content (AvgIpc) is 2.76. The van der Waals surface area contributed by atoms with Crippen LogP contribution >= 0.6 is 0 Å². The fourth-order valence-electron chi connectivity index (χ4n) is 3.20. The van der Waals surface area contributed by atoms with Crippen molar-refractivity contribution in [2.45, 2.75) is 6.29 Å². The van der Waals surface area contributed by atoms with Crippen LogP contribution in [0.4, 0.5) is 17.1 Å². The Hall–Kier alpha value is -3.56. The molecule has 0 aliphatic carbocycles. The first-order valence-electron chi connectivity index (χ1n) is 9.16. The van der Waals surface area contributed by atoms with Crippen molar-refractivity contribution in [2.75, 3.05) is 4.90 Å². The molecule has 3 nitrogen and oxygen atoms in total. The Morgan fingerprint density at radius 2 is 1.32 bits per heavy atom. The molecule has 0 amide bonds. The second kappa shape index (κ2) is 7.99. The quantitative estimate of drug-likeness (QED) is 0.326. The first kappa shape index (κ1) is 17.8. The molecule has 0 heterocycles. The number of aliphatic hydroxyl groups excluding tert-OH is 1. The minimum atomic E-state index is -1.02. The van der Waals surface area contributed by atoms with E-state index >= 15 is 0 Å². The Balaban J connectivity index is 1.76. The van der Waals surface area contributed by atoms with E-state index in [1.54, 1.807) is 0 Å². The average molecular weight is 367 g/mol. The second-order valence-corrected chi connectivity index (χ2v) is 6.44. The third kappa shape index (κ3) is 3.75. The van der Waals surface area contributed by atoms with Crippen molar-refractivity contribution in [1.82, 2.24) is 0 Å². The summed E-state index contributed by atoms with van der Waals surface area (Å²) in [6.45, 7) is 3.52. The smallest absolute Gasteiger partial charge is 0.216 e. The van der Waals surface area contributed by atoms with E-state index in [0.29, 0.717) is 5.75 Å². The van der Waals surface area contributed by atoms with E-state index in [2.05, 4.69) is 60.0 Å². The van der Waals surface area contributed by atoms with Gasteiger partial charge in [0.05, 0.1) is 0 Å². The fraction of sp³-hybridized carbons (Fsp3) is 0.0400. The highest BCUT2D eigenvalue weighted by molar-refractivity contribution is 5.89. The summed E-state index contributed by atoms with van der Waals surface area (Å²) in [5.41, 5.74) is 3.14. The number of benzene rings is 4. The van der Waals surface area contributed by atoms with E-state index in [0.717, 1.165) is 17.1 Å². The van der Waals surface area contributed by atoms with E-state index < -0.39 is 6.29 Å². The Morgan fingerprint density at radius 1 is 0.714 bits per heavy atom. The molecule has 0 spiro atoms. The molecule has 0 aromatic heterocycles. The summed E-state index contributed by atoms with van der Waals surface area (Å²) in [5.74, 6) is 0.586. The monoisotopic (exact) mass is 367 g/mol. The first-order chi connectivity index (χ1) is 13.7. The highest BCUT2D eigenvalue weighted by Crippen LogP contribution is 2.36. The molecular weight excluding hydrogens is 346 g/mol. The van der Waals surface area contributed by atoms with Crippen molar-refractivity contribution in [2.24, 2.45) is 0 Å². The molecule has 0 aliphatic rings. The summed E-state index contributed by atoms with van der Waals surface area (Å²) in [5, 5.41) is 12.0. The van der Waals surface area contributed by atoms with Gasteiger partial charge >= 0.3 is 0 Å². The maximum atomic E-state index is 9.60. The molecule has 0 aliphatic heterocycles. The molecule has 0 bridgehead atoms. The summed E-state index contributed by atoms with van der Waals surface area (Å²) >= 11 is 0. The van der Waals surface area contributed by atoms with Crippen LogP contribution in [0.5, 0.6) is 5.75 Å². The van der Waals surface area contributed by atoms with Crippen LogP contribution in [0.25, 0.3) is 10.8 Å². The molecule has 1 N–H and O–H groups in total. The molecule has 28 heavy (non-hydrogen) atoms. The predicted molar refractivity (Wildman–Crippen MR) is 115 cm³/mol. The number of ether oxygens (including phenoxy) is 1. The first-order valence-corrected chi connectivity index (χ1v) is 9.16. The lowest BCUT2D eigenvalue weighted by Gasteiger charge is -2.26. The molecule has 138 valence electrons. The van der Waals surface area contributed by atoms with Gasteiger partial charge in [0, 0.05) is 17.1 Å². The van der Waals surface area contributed by atoms with Gasteiger partial charge in [0.1, 0.15) is 5.75 Å². The second-order valence-electron chi connectivity index (χ2n) is 6.44. The van der Waals surface area contributed by atoms with Crippen LogP contribution in [-0.2, 0) is 0 Å². The Bertz CT molecular complexity index is 1070. The van der Waals surface area contributed by atoms with E-state index in [1.807, 2.05) is 48.5 Å². The minimum absolute atomic E-state index is 0.586. The van der Waals surface area contributed by atoms with Gasteiger partial charge in [0.2, 0.25) is 6.29 Å². The van der Waals surface area contributed by atoms with Crippen molar-refractivity contribution >= 4 is 27.8 Å². The molecule has 1 unspecified atom stereocenters. The fourth-order valence-corrected chi connectivity index (χ4v) is 3.20. The predicted octanol–water partition coefficient (Wildman–Crippen LogP) is 6.19. The number of hydrogen-bond acceptors (Lipinski definition) is 3. The number of anilines is 3. The van der Waals surface area contributed by atoms with Gasteiger partial charge in [-0.1, -0.05) is 55.1 Å². The van der Waals surface area contributed by atoms with E-state index in [4.69, 9.17) is 4.74 Å². The standard InChI is InChI=1S/C25H21NO2/c1-2-25(27)28-24-16-14-22(15-17-24)26(21-10-4-3-5-11-21)23-13-12-19-8-6-7-9-20(19)18-23/h2-18,25,27H,1H2. The summed E-state index contributed by atoms with van der Waals surface area (Å²) in [4.78, 5) is 2.19. The number of fused-ring (bicyclic) bond motifs is 1. The van der Waals surface area contributed by atoms with Gasteiger partial charge in [-0.15, -0.1) is 0 Å². The SMILES string of the molecule is C=CC(O)Oc1ccc(N(c2ccccc2)c2ccc3ccccc3c2)cc1. The van der Waals surface area contributed by atoms with Crippen LogP contribution in [0.3, 0.4) is 0 Å². The molecule has 3 heteroatoms. The number of nitrogens with zero attached hydrogens (tertiary/aromatic N) is 1. The maximum Gasteiger partial charge on any atom is 0.216 e. The van der Waals surface area contributed by atoms with Gasteiger partial charge < -0.3 is 14.7 Å². The van der Waals surface area contributed by atoms with E-state index in [9.17, 15) is 5.11 Å². The van der Waals surface area contributed by atoms with Crippen LogP contribution in [-0.4, -0.2) is 11.4 Å². The molecule has 0 saturated carbocycles. The molecule has 0 saturated heterocycles. The third-order valence-corrected chi connectivity index (χ3v) is 4.56. The lowest BCUT2D eigenvalue weighted by Crippen LogP contribution is -2.12. The maximum absolute atomic E-state index is 9.60. The van der Waals surface area contributed by atoms with Gasteiger partial charge in [0.25, 0.3) is 0 Å². The molecule has 4 aromatic rings. The lowest BCUT2D eigenvalue weighted by atomic mass is 10.1. The number of aliphatic hydroxyl groups is 1. The molecule has 1 atom stereocenters. The topological polar surface area (TPSA) is 32.7 Å². The largest absolute Gasteiger partial charge is 0.461 e. The van der Waals surface area contributed by atoms with Crippen LogP contribution in [0.1, 0.15) is 0 Å². The summed E-state index contributed by atoms with van der Waals surface area (Å²) < 4.78 is 5.39. The van der Waals surface area contributed by atoms with Crippen molar-refractivity contribution in [3.8, 4) is 5.75 Å². The van der Waals surface area contributed by atoms with Gasteiger partial charge in [-0.05, 0) is 65.4 Å². The number of para-hydroxylation sites is 1. The van der Waals surface area contributed by atoms with Crippen LogP contribution in [0.2, 0.25) is 0 Å². The lowest BCUT2D eigenvalue weighted by molar-refractivity contribution is 0.0251. The van der Waals surface area contributed by atoms with E-state index in [-0.39, 0.29) is 0 Å². The van der Waals surface area contributed by atoms with Gasteiger partial charge in [-0.2, -0.15) is 0 Å². The molecular formula is C25H21NO2. The summed E-state index contributed by atoms with van der Waals surface area (Å²) in [6, 6.07) is 32.7. The van der Waals surface area contributed by atoms with Crippen LogP contribution < -0.4 is 9.64 Å². The van der Waals surface area contributed by atoms with Crippen LogP contribution in [0.15, 0.2) is 110 Å². The number of hydrogen-bond donors (Lipinski definition) is 1. The molecule has 0 radical (unpaired) electrons. The Morgan fingerprint density at radius 3 is 2.04 bits per heavy atom. The normalized spacial score (nSPS) is 11.8. The highest BCUT2D eigenvalue weighted by atomic mass is 16.6. The van der Waals surface area contributed by atoms with Crippen molar-refractivity contribution < 1.29 is 9.84 Å². The Kier molecular flexibility index (Phi) is 5.09. The van der Waals surface area contributed by atoms with E-state index in [1.165, 1.54) is 16.8 Å². The zero-order valence-corrected chi connectivity index (χ0v) is 15.4. The highest BCUT2D eigenvalue weighted by Gasteiger charge is 2.13. The minimum Gasteiger partial charge on any atom is -0.461 e. The summed E-state index contributed by atoms with van der Waals surface area (Å²) in [6.07, 6.45) is 0.329. The Labute approximate surface area is 164 Å². The molecule has 4 aromatic carbocycles. The van der Waals surface area contributed by atoms with Crippen molar-refractivity contribution in [3.05, 3.63) is 110 Å². The number of rotatable bonds is 6. The summed E-state index contributed by atoms with van der Waals surface area (Å²) in [7, 11) is 0. The third-order valence-electron chi connectivity index (χ3n) is 4.56.